The van der Waals surface area contributed by atoms with Gasteiger partial charge in [0.05, 0.1) is 5.56 Å². The summed E-state index contributed by atoms with van der Waals surface area (Å²) in [5.41, 5.74) is 2.22. The molecule has 0 unspecified atom stereocenters. The highest BCUT2D eigenvalue weighted by Crippen LogP contribution is 2.26. The van der Waals surface area contributed by atoms with Gasteiger partial charge in [-0.3, -0.25) is 4.79 Å². The number of anilines is 2. The van der Waals surface area contributed by atoms with Gasteiger partial charge >= 0.3 is 0 Å². The molecule has 4 heterocycles. The third-order valence-corrected chi connectivity index (χ3v) is 3.96. The van der Waals surface area contributed by atoms with E-state index in [-0.39, 0.29) is 12.5 Å². The minimum atomic E-state index is -0.547. The number of pyridine rings is 2. The Kier molecular flexibility index (Phi) is 3.93. The number of halogens is 1. The molecule has 0 fully saturated rings. The molecule has 1 aliphatic heterocycles. The summed E-state index contributed by atoms with van der Waals surface area (Å²) in [6, 6.07) is 6.98. The van der Waals surface area contributed by atoms with Gasteiger partial charge in [0.2, 0.25) is 0 Å². The van der Waals surface area contributed by atoms with Crippen molar-refractivity contribution in [3.63, 3.8) is 0 Å². The highest BCUT2D eigenvalue weighted by atomic mass is 19.1. The highest BCUT2D eigenvalue weighted by molar-refractivity contribution is 6.08. The molecule has 3 aromatic rings. The molecule has 8 heteroatoms. The van der Waals surface area contributed by atoms with Crippen molar-refractivity contribution in [2.45, 2.75) is 6.42 Å². The fourth-order valence-corrected chi connectivity index (χ4v) is 2.89. The summed E-state index contributed by atoms with van der Waals surface area (Å²) in [5.74, 6) is 1.58. The molecule has 4 rings (SSSR count). The molecule has 0 bridgehead atoms. The van der Waals surface area contributed by atoms with E-state index in [2.05, 4.69) is 25.6 Å². The van der Waals surface area contributed by atoms with Crippen LogP contribution in [0.3, 0.4) is 0 Å². The summed E-state index contributed by atoms with van der Waals surface area (Å²) in [4.78, 5) is 24.0. The van der Waals surface area contributed by atoms with Crippen molar-refractivity contribution in [2.24, 2.45) is 0 Å². The number of nitrogens with one attached hydrogen (secondary N) is 3. The average Bonchev–Trinajstić information content (AvgIpc) is 2.99. The summed E-state index contributed by atoms with van der Waals surface area (Å²) in [7, 11) is 0. The predicted octanol–water partition coefficient (Wildman–Crippen LogP) is 2.34. The number of fused-ring (bicyclic) bond motifs is 3. The molecule has 0 aromatic carbocycles. The van der Waals surface area contributed by atoms with E-state index in [9.17, 15) is 9.18 Å². The summed E-state index contributed by atoms with van der Waals surface area (Å²) in [6.45, 7) is 0.0808. The van der Waals surface area contributed by atoms with Gasteiger partial charge in [0.1, 0.15) is 36.3 Å². The van der Waals surface area contributed by atoms with Crippen LogP contribution in [0.15, 0.2) is 30.5 Å². The molecule has 128 valence electrons. The van der Waals surface area contributed by atoms with Gasteiger partial charge in [0.15, 0.2) is 0 Å². The minimum absolute atomic E-state index is 0.00373. The van der Waals surface area contributed by atoms with Gasteiger partial charge in [-0.1, -0.05) is 0 Å². The standard InChI is InChI=1S/C17H16FN5O2/c18-5-8-25-10-3-6-19-14(9-10)22-13-2-1-11-15-12(21-16(11)23-13)4-7-20-17(15)24/h1-3,6,9H,4-5,7-8H2,(H,20,24)(H2,19,21,22,23). The maximum Gasteiger partial charge on any atom is 0.253 e. The molecule has 0 atom stereocenters. The summed E-state index contributed by atoms with van der Waals surface area (Å²) >= 11 is 0. The smallest absolute Gasteiger partial charge is 0.253 e. The molecule has 0 saturated carbocycles. The molecule has 1 amide bonds. The second-order valence-corrected chi connectivity index (χ2v) is 5.62. The summed E-state index contributed by atoms with van der Waals surface area (Å²) in [5, 5.41) is 6.73. The Bertz CT molecular complexity index is 940. The topological polar surface area (TPSA) is 91.9 Å². The van der Waals surface area contributed by atoms with Crippen molar-refractivity contribution in [1.82, 2.24) is 20.3 Å². The number of alkyl halides is 1. The Labute approximate surface area is 142 Å². The van der Waals surface area contributed by atoms with Crippen LogP contribution in [0.25, 0.3) is 11.0 Å². The molecule has 0 radical (unpaired) electrons. The van der Waals surface area contributed by atoms with Gasteiger partial charge in [-0.15, -0.1) is 0 Å². The van der Waals surface area contributed by atoms with E-state index in [1.54, 1.807) is 24.4 Å². The number of hydrogen-bond acceptors (Lipinski definition) is 5. The van der Waals surface area contributed by atoms with Crippen LogP contribution in [0.4, 0.5) is 16.0 Å². The van der Waals surface area contributed by atoms with E-state index >= 15 is 0 Å². The van der Waals surface area contributed by atoms with Crippen molar-refractivity contribution in [2.75, 3.05) is 25.1 Å². The fourth-order valence-electron chi connectivity index (χ4n) is 2.89. The molecular weight excluding hydrogens is 325 g/mol. The molecular formula is C17H16FN5O2. The fraction of sp³-hybridized carbons (Fsp3) is 0.235. The van der Waals surface area contributed by atoms with Crippen LogP contribution in [0.5, 0.6) is 5.75 Å². The molecule has 3 aromatic heterocycles. The highest BCUT2D eigenvalue weighted by Gasteiger charge is 2.22. The second-order valence-electron chi connectivity index (χ2n) is 5.62. The molecule has 0 saturated heterocycles. The SMILES string of the molecule is O=C1NCCc2[nH]c3nc(Nc4cc(OCCF)ccn4)ccc3c21. The van der Waals surface area contributed by atoms with Crippen LogP contribution in [0, 0.1) is 0 Å². The molecule has 3 N–H and O–H groups in total. The lowest BCUT2D eigenvalue weighted by Crippen LogP contribution is -2.31. The van der Waals surface area contributed by atoms with Crippen LogP contribution < -0.4 is 15.4 Å². The van der Waals surface area contributed by atoms with Crippen LogP contribution in [-0.4, -0.2) is 40.7 Å². The number of carbonyl (C=O) groups is 1. The van der Waals surface area contributed by atoms with Gasteiger partial charge in [0.25, 0.3) is 5.91 Å². The monoisotopic (exact) mass is 341 g/mol. The van der Waals surface area contributed by atoms with Crippen molar-refractivity contribution in [3.05, 3.63) is 41.7 Å². The van der Waals surface area contributed by atoms with E-state index in [1.165, 1.54) is 0 Å². The van der Waals surface area contributed by atoms with Gasteiger partial charge in [-0.05, 0) is 18.2 Å². The molecule has 7 nitrogen and oxygen atoms in total. The Morgan fingerprint density at radius 3 is 3.08 bits per heavy atom. The number of ether oxygens (including phenoxy) is 1. The first-order valence-electron chi connectivity index (χ1n) is 7.96. The molecule has 0 spiro atoms. The molecule has 0 aliphatic carbocycles. The number of nitrogens with zero attached hydrogens (tertiary/aromatic N) is 2. The number of rotatable bonds is 5. The third kappa shape index (κ3) is 2.98. The number of H-pyrrole nitrogens is 1. The van der Waals surface area contributed by atoms with Crippen molar-refractivity contribution in [3.8, 4) is 5.75 Å². The number of hydrogen-bond donors (Lipinski definition) is 3. The number of aromatic amines is 1. The first-order valence-corrected chi connectivity index (χ1v) is 7.96. The van der Waals surface area contributed by atoms with Crippen molar-refractivity contribution in [1.29, 1.82) is 0 Å². The number of carbonyl (C=O) groups excluding carboxylic acids is 1. The normalized spacial score (nSPS) is 13.4. The zero-order valence-corrected chi connectivity index (χ0v) is 13.3. The second kappa shape index (κ2) is 6.39. The first kappa shape index (κ1) is 15.4. The predicted molar refractivity (Wildman–Crippen MR) is 91.1 cm³/mol. The average molecular weight is 341 g/mol. The zero-order chi connectivity index (χ0) is 17.2. The Balaban J connectivity index is 1.61. The number of amides is 1. The Hall–Kier alpha value is -3.16. The zero-order valence-electron chi connectivity index (χ0n) is 13.3. The lowest BCUT2D eigenvalue weighted by atomic mass is 10.1. The Morgan fingerprint density at radius 1 is 1.28 bits per heavy atom. The van der Waals surface area contributed by atoms with Crippen molar-refractivity contribution >= 4 is 28.6 Å². The summed E-state index contributed by atoms with van der Waals surface area (Å²) < 4.78 is 17.4. The van der Waals surface area contributed by atoms with E-state index in [4.69, 9.17) is 4.74 Å². The lowest BCUT2D eigenvalue weighted by Gasteiger charge is -2.11. The first-order chi connectivity index (χ1) is 12.2. The summed E-state index contributed by atoms with van der Waals surface area (Å²) in [6.07, 6.45) is 2.34. The van der Waals surface area contributed by atoms with Crippen LogP contribution in [0.1, 0.15) is 16.1 Å². The third-order valence-electron chi connectivity index (χ3n) is 3.96. The van der Waals surface area contributed by atoms with Gasteiger partial charge in [-0.25, -0.2) is 14.4 Å². The maximum atomic E-state index is 12.2. The molecule has 1 aliphatic rings. The van der Waals surface area contributed by atoms with E-state index in [0.29, 0.717) is 35.1 Å². The largest absolute Gasteiger partial charge is 0.491 e. The van der Waals surface area contributed by atoms with Crippen LogP contribution in [-0.2, 0) is 6.42 Å². The van der Waals surface area contributed by atoms with Gasteiger partial charge < -0.3 is 20.4 Å². The van der Waals surface area contributed by atoms with Gasteiger partial charge in [0, 0.05) is 36.3 Å². The maximum absolute atomic E-state index is 12.2. The van der Waals surface area contributed by atoms with Crippen LogP contribution >= 0.6 is 0 Å². The van der Waals surface area contributed by atoms with Gasteiger partial charge in [-0.2, -0.15) is 0 Å². The van der Waals surface area contributed by atoms with E-state index in [0.717, 1.165) is 17.5 Å². The van der Waals surface area contributed by atoms with Crippen LogP contribution in [0.2, 0.25) is 0 Å². The van der Waals surface area contributed by atoms with Crippen molar-refractivity contribution < 1.29 is 13.9 Å². The minimum Gasteiger partial charge on any atom is -0.491 e. The lowest BCUT2D eigenvalue weighted by molar-refractivity contribution is 0.0947. The Morgan fingerprint density at radius 2 is 2.20 bits per heavy atom. The molecule has 25 heavy (non-hydrogen) atoms. The van der Waals surface area contributed by atoms with E-state index in [1.807, 2.05) is 6.07 Å². The number of aromatic nitrogens is 3. The quantitative estimate of drug-likeness (QED) is 0.662. The van der Waals surface area contributed by atoms with E-state index < -0.39 is 6.67 Å².